The summed E-state index contributed by atoms with van der Waals surface area (Å²) < 4.78 is 5.99. The van der Waals surface area contributed by atoms with Crippen molar-refractivity contribution in [3.05, 3.63) is 102 Å². The van der Waals surface area contributed by atoms with Crippen molar-refractivity contribution in [2.24, 2.45) is 0 Å². The lowest BCUT2D eigenvalue weighted by atomic mass is 10.1. The maximum atomic E-state index is 12.8. The number of rotatable bonds is 6. The molecular weight excluding hydrogens is 338 g/mol. The van der Waals surface area contributed by atoms with Gasteiger partial charge in [-0.05, 0) is 35.9 Å². The summed E-state index contributed by atoms with van der Waals surface area (Å²) in [4.78, 5) is 20.1. The number of benzene rings is 2. The first kappa shape index (κ1) is 17.0. The molecule has 0 saturated carbocycles. The molecule has 2 aromatic carbocycles. The zero-order valence-corrected chi connectivity index (χ0v) is 14.6. The molecule has 0 saturated heterocycles. The summed E-state index contributed by atoms with van der Waals surface area (Å²) >= 11 is 0. The van der Waals surface area contributed by atoms with E-state index in [4.69, 9.17) is 4.74 Å². The topological polar surface area (TPSA) is 67.0 Å². The van der Waals surface area contributed by atoms with Gasteiger partial charge in [-0.2, -0.15) is 0 Å². The van der Waals surface area contributed by atoms with Gasteiger partial charge in [0.15, 0.2) is 6.23 Å². The quantitative estimate of drug-likeness (QED) is 0.508. The third kappa shape index (κ3) is 4.04. The number of ether oxygens (including phenoxy) is 1. The van der Waals surface area contributed by atoms with Crippen molar-refractivity contribution in [2.75, 3.05) is 0 Å². The van der Waals surface area contributed by atoms with Crippen molar-refractivity contribution in [1.82, 2.24) is 15.3 Å². The van der Waals surface area contributed by atoms with Crippen molar-refractivity contribution in [1.29, 1.82) is 0 Å². The molecule has 0 spiro atoms. The van der Waals surface area contributed by atoms with Crippen molar-refractivity contribution >= 4 is 16.8 Å². The maximum absolute atomic E-state index is 12.8. The Labute approximate surface area is 157 Å². The predicted octanol–water partition coefficient (Wildman–Crippen LogP) is 4.21. The summed E-state index contributed by atoms with van der Waals surface area (Å²) in [5.74, 6) is -0.194. The second kappa shape index (κ2) is 7.85. The van der Waals surface area contributed by atoms with Gasteiger partial charge >= 0.3 is 0 Å². The molecule has 0 aliphatic heterocycles. The lowest BCUT2D eigenvalue weighted by Gasteiger charge is -2.19. The number of hydrogen-bond donors (Lipinski definition) is 2. The number of H-pyrrole nitrogens is 1. The van der Waals surface area contributed by atoms with Crippen LogP contribution in [-0.4, -0.2) is 15.9 Å². The molecule has 134 valence electrons. The Kier molecular flexibility index (Phi) is 4.94. The molecule has 0 bridgehead atoms. The minimum Gasteiger partial charge on any atom is -0.367 e. The average Bonchev–Trinajstić information content (AvgIpc) is 3.26. The molecular formula is C22H19N3O2. The SMILES string of the molecule is O=C(NC(OCc1ccccc1)c1cc[nH]c1)c1ccc2ncccc2c1. The minimum absolute atomic E-state index is 0.194. The van der Waals surface area contributed by atoms with E-state index in [-0.39, 0.29) is 5.91 Å². The van der Waals surface area contributed by atoms with E-state index in [9.17, 15) is 4.79 Å². The van der Waals surface area contributed by atoms with E-state index in [0.717, 1.165) is 22.0 Å². The molecule has 2 N–H and O–H groups in total. The highest BCUT2D eigenvalue weighted by Crippen LogP contribution is 2.18. The Balaban J connectivity index is 1.52. The number of fused-ring (bicyclic) bond motifs is 1. The first-order chi connectivity index (χ1) is 13.3. The standard InChI is InChI=1S/C22H19N3O2/c26-21(18-8-9-20-17(13-18)7-4-11-24-20)25-22(19-10-12-23-14-19)27-15-16-5-2-1-3-6-16/h1-14,22-23H,15H2,(H,25,26). The van der Waals surface area contributed by atoms with Gasteiger partial charge in [-0.25, -0.2) is 0 Å². The highest BCUT2D eigenvalue weighted by atomic mass is 16.5. The highest BCUT2D eigenvalue weighted by molar-refractivity contribution is 5.98. The van der Waals surface area contributed by atoms with Crippen LogP contribution >= 0.6 is 0 Å². The summed E-state index contributed by atoms with van der Waals surface area (Å²) in [6, 6.07) is 21.0. The van der Waals surface area contributed by atoms with Gasteiger partial charge in [-0.15, -0.1) is 0 Å². The summed E-state index contributed by atoms with van der Waals surface area (Å²) in [5.41, 5.74) is 3.33. The Morgan fingerprint density at radius 2 is 1.96 bits per heavy atom. The molecule has 0 aliphatic rings. The summed E-state index contributed by atoms with van der Waals surface area (Å²) in [5, 5.41) is 3.89. The van der Waals surface area contributed by atoms with Crippen LogP contribution in [0, 0.1) is 0 Å². The number of aromatic amines is 1. The maximum Gasteiger partial charge on any atom is 0.253 e. The zero-order chi connectivity index (χ0) is 18.5. The Hall–Kier alpha value is -3.44. The van der Waals surface area contributed by atoms with Gasteiger partial charge in [0.2, 0.25) is 0 Å². The number of carbonyl (C=O) groups excluding carboxylic acids is 1. The van der Waals surface area contributed by atoms with E-state index < -0.39 is 6.23 Å². The molecule has 0 aliphatic carbocycles. The third-order valence-corrected chi connectivity index (χ3v) is 4.31. The van der Waals surface area contributed by atoms with E-state index in [0.29, 0.717) is 12.2 Å². The molecule has 4 rings (SSSR count). The van der Waals surface area contributed by atoms with Crippen molar-refractivity contribution in [3.63, 3.8) is 0 Å². The van der Waals surface area contributed by atoms with E-state index in [1.807, 2.05) is 73.1 Å². The van der Waals surface area contributed by atoms with E-state index in [2.05, 4.69) is 15.3 Å². The number of nitrogens with one attached hydrogen (secondary N) is 2. The first-order valence-electron chi connectivity index (χ1n) is 8.73. The molecule has 5 nitrogen and oxygen atoms in total. The normalized spacial score (nSPS) is 12.0. The Morgan fingerprint density at radius 1 is 1.07 bits per heavy atom. The Morgan fingerprint density at radius 3 is 2.78 bits per heavy atom. The fourth-order valence-electron chi connectivity index (χ4n) is 2.89. The van der Waals surface area contributed by atoms with Crippen molar-refractivity contribution < 1.29 is 9.53 Å². The van der Waals surface area contributed by atoms with Crippen LogP contribution in [0.15, 0.2) is 85.3 Å². The van der Waals surface area contributed by atoms with Gasteiger partial charge in [0.05, 0.1) is 12.1 Å². The van der Waals surface area contributed by atoms with Crippen LogP contribution in [0.2, 0.25) is 0 Å². The van der Waals surface area contributed by atoms with E-state index in [1.54, 1.807) is 12.3 Å². The first-order valence-corrected chi connectivity index (χ1v) is 8.73. The molecule has 1 unspecified atom stereocenters. The molecule has 2 aromatic heterocycles. The van der Waals surface area contributed by atoms with Gasteiger partial charge in [0.25, 0.3) is 5.91 Å². The second-order valence-electron chi connectivity index (χ2n) is 6.21. The Bertz CT molecular complexity index is 1030. The van der Waals surface area contributed by atoms with Gasteiger partial charge < -0.3 is 15.0 Å². The number of hydrogen-bond acceptors (Lipinski definition) is 3. The second-order valence-corrected chi connectivity index (χ2v) is 6.21. The van der Waals surface area contributed by atoms with Gasteiger partial charge in [-0.1, -0.05) is 36.4 Å². The minimum atomic E-state index is -0.548. The number of pyridine rings is 1. The lowest BCUT2D eigenvalue weighted by molar-refractivity contribution is 0.0163. The highest BCUT2D eigenvalue weighted by Gasteiger charge is 2.17. The number of aromatic nitrogens is 2. The fourth-order valence-corrected chi connectivity index (χ4v) is 2.89. The van der Waals surface area contributed by atoms with Crippen LogP contribution in [0.3, 0.4) is 0 Å². The fraction of sp³-hybridized carbons (Fsp3) is 0.0909. The molecule has 1 amide bonds. The lowest BCUT2D eigenvalue weighted by Crippen LogP contribution is -2.30. The summed E-state index contributed by atoms with van der Waals surface area (Å²) in [6.45, 7) is 0.401. The number of amides is 1. The van der Waals surface area contributed by atoms with Crippen LogP contribution in [0.1, 0.15) is 27.7 Å². The summed E-state index contributed by atoms with van der Waals surface area (Å²) in [7, 11) is 0. The molecule has 27 heavy (non-hydrogen) atoms. The average molecular weight is 357 g/mol. The monoisotopic (exact) mass is 357 g/mol. The smallest absolute Gasteiger partial charge is 0.253 e. The van der Waals surface area contributed by atoms with E-state index in [1.165, 1.54) is 0 Å². The van der Waals surface area contributed by atoms with Gasteiger partial charge in [0.1, 0.15) is 0 Å². The van der Waals surface area contributed by atoms with Crippen LogP contribution in [0.4, 0.5) is 0 Å². The van der Waals surface area contributed by atoms with Gasteiger partial charge in [0, 0.05) is 35.1 Å². The number of carbonyl (C=O) groups is 1. The molecule has 5 heteroatoms. The molecule has 0 fully saturated rings. The predicted molar refractivity (Wildman–Crippen MR) is 104 cm³/mol. The molecule has 0 radical (unpaired) electrons. The van der Waals surface area contributed by atoms with E-state index >= 15 is 0 Å². The third-order valence-electron chi connectivity index (χ3n) is 4.31. The molecule has 2 heterocycles. The van der Waals surface area contributed by atoms with Crippen LogP contribution < -0.4 is 5.32 Å². The number of nitrogens with zero attached hydrogens (tertiary/aromatic N) is 1. The largest absolute Gasteiger partial charge is 0.367 e. The zero-order valence-electron chi connectivity index (χ0n) is 14.6. The van der Waals surface area contributed by atoms with Crippen LogP contribution in [0.25, 0.3) is 10.9 Å². The molecule has 1 atom stereocenters. The van der Waals surface area contributed by atoms with Crippen LogP contribution in [0.5, 0.6) is 0 Å². The van der Waals surface area contributed by atoms with Crippen LogP contribution in [-0.2, 0) is 11.3 Å². The van der Waals surface area contributed by atoms with Crippen molar-refractivity contribution in [2.45, 2.75) is 12.8 Å². The summed E-state index contributed by atoms with van der Waals surface area (Å²) in [6.07, 6.45) is 4.82. The molecule has 4 aromatic rings. The van der Waals surface area contributed by atoms with Crippen molar-refractivity contribution in [3.8, 4) is 0 Å². The van der Waals surface area contributed by atoms with Gasteiger partial charge in [-0.3, -0.25) is 9.78 Å².